The van der Waals surface area contributed by atoms with E-state index in [1.807, 2.05) is 42.5 Å². The van der Waals surface area contributed by atoms with Crippen LogP contribution in [0, 0.1) is 5.92 Å². The normalized spacial score (nSPS) is 19.3. The van der Waals surface area contributed by atoms with Gasteiger partial charge >= 0.3 is 5.97 Å². The molecule has 3 fully saturated rings. The number of nitrogens with one attached hydrogen (secondary N) is 1. The van der Waals surface area contributed by atoms with E-state index in [2.05, 4.69) is 10.2 Å². The number of hydrogen-bond acceptors (Lipinski definition) is 9. The van der Waals surface area contributed by atoms with Crippen molar-refractivity contribution in [3.05, 3.63) is 123 Å². The summed E-state index contributed by atoms with van der Waals surface area (Å²) in [6.07, 6.45) is 5.28. The van der Waals surface area contributed by atoms with E-state index in [1.165, 1.54) is 26.6 Å². The molecule has 0 aliphatic carbocycles. The Morgan fingerprint density at radius 3 is 2.29 bits per heavy atom. The molecule has 268 valence electrons. The predicted octanol–water partition coefficient (Wildman–Crippen LogP) is 4.78. The standard InChI is InChI=1S/C39H41Cl2N3O7/c1-49-34-11-9-27(19-35(34)50-2)29(20-31-32(40)21-44(48)22-33(31)41)30-18-24(8-10-28(30)38(45)46)12-15-42-37(26-6-4-3-5-7-26)39(47)51-36-23-43-16-13-25(36)14-17-43/h3-11,18-19,21-22,25,29,36-37,42H,12-17,20,23H2,1-2H3,(H-,45,46,48)/t29-,36-,37?/m0/s1. The fourth-order valence-corrected chi connectivity index (χ4v) is 7.87. The molecule has 3 aromatic carbocycles. The first-order chi connectivity index (χ1) is 24.6. The number of esters is 1. The molecule has 3 aliphatic rings. The van der Waals surface area contributed by atoms with Crippen LogP contribution in [-0.2, 0) is 22.4 Å². The molecule has 0 radical (unpaired) electrons. The number of aromatic nitrogens is 1. The zero-order valence-electron chi connectivity index (χ0n) is 28.5. The Morgan fingerprint density at radius 2 is 1.67 bits per heavy atom. The van der Waals surface area contributed by atoms with Crippen molar-refractivity contribution in [1.29, 1.82) is 0 Å². The lowest BCUT2D eigenvalue weighted by Gasteiger charge is -2.44. The Labute approximate surface area is 307 Å². The van der Waals surface area contributed by atoms with Gasteiger partial charge in [-0.3, -0.25) is 10.1 Å². The Kier molecular flexibility index (Phi) is 11.7. The summed E-state index contributed by atoms with van der Waals surface area (Å²) >= 11 is 13.1. The highest BCUT2D eigenvalue weighted by Crippen LogP contribution is 2.39. The number of carboxylic acids is 1. The maximum Gasteiger partial charge on any atom is 0.328 e. The van der Waals surface area contributed by atoms with E-state index in [0.717, 1.165) is 53.9 Å². The molecule has 4 heterocycles. The van der Waals surface area contributed by atoms with Gasteiger partial charge in [-0.1, -0.05) is 77.8 Å². The number of carboxylic acid groups (broad SMARTS) is 1. The molecule has 1 aromatic heterocycles. The minimum Gasteiger partial charge on any atom is -0.545 e. The average Bonchev–Trinajstić information content (AvgIpc) is 3.13. The molecule has 0 saturated carbocycles. The fourth-order valence-electron chi connectivity index (χ4n) is 7.26. The molecule has 3 saturated heterocycles. The number of carbonyl (C=O) groups is 2. The summed E-state index contributed by atoms with van der Waals surface area (Å²) in [5.41, 5.74) is 3.38. The van der Waals surface area contributed by atoms with Gasteiger partial charge in [0.05, 0.1) is 20.2 Å². The van der Waals surface area contributed by atoms with E-state index in [9.17, 15) is 19.9 Å². The van der Waals surface area contributed by atoms with E-state index in [0.29, 0.717) is 41.5 Å². The van der Waals surface area contributed by atoms with Gasteiger partial charge in [0, 0.05) is 34.9 Å². The second-order valence-corrected chi connectivity index (χ2v) is 13.9. The Hall–Kier alpha value is -4.35. The quantitative estimate of drug-likeness (QED) is 0.107. The molecule has 2 N–H and O–H groups in total. The van der Waals surface area contributed by atoms with Crippen molar-refractivity contribution in [2.24, 2.45) is 5.92 Å². The van der Waals surface area contributed by atoms with Crippen molar-refractivity contribution in [2.45, 2.75) is 43.7 Å². The lowest BCUT2D eigenvalue weighted by molar-refractivity contribution is -0.904. The number of nitrogens with zero attached hydrogens (tertiary/aromatic N) is 2. The first-order valence-corrected chi connectivity index (χ1v) is 17.8. The highest BCUT2D eigenvalue weighted by atomic mass is 35.5. The number of fused-ring (bicyclic) bond motifs is 3. The average molecular weight is 735 g/mol. The van der Waals surface area contributed by atoms with Crippen molar-refractivity contribution in [2.75, 3.05) is 40.4 Å². The molecule has 51 heavy (non-hydrogen) atoms. The maximum absolute atomic E-state index is 13.7. The van der Waals surface area contributed by atoms with Gasteiger partial charge in [0.2, 0.25) is 12.4 Å². The molecule has 12 heteroatoms. The summed E-state index contributed by atoms with van der Waals surface area (Å²) in [5, 5.41) is 26.4. The number of pyridine rings is 1. The number of rotatable bonds is 14. The van der Waals surface area contributed by atoms with E-state index in [-0.39, 0.29) is 34.1 Å². The third-order valence-corrected chi connectivity index (χ3v) is 10.6. The molecule has 10 nitrogen and oxygen atoms in total. The number of piperidine rings is 3. The number of ether oxygens (including phenoxy) is 3. The lowest BCUT2D eigenvalue weighted by atomic mass is 9.82. The zero-order valence-corrected chi connectivity index (χ0v) is 30.0. The Balaban J connectivity index is 1.29. The van der Waals surface area contributed by atoms with E-state index < -0.39 is 17.9 Å². The summed E-state index contributed by atoms with van der Waals surface area (Å²) in [6.45, 7) is 3.29. The number of carbonyl (C=O) groups excluding carboxylic acids is 2. The second-order valence-electron chi connectivity index (χ2n) is 13.1. The summed E-state index contributed by atoms with van der Waals surface area (Å²) in [4.78, 5) is 28.6. The minimum atomic E-state index is -1.33. The van der Waals surface area contributed by atoms with E-state index >= 15 is 0 Å². The number of hydrogen-bond donors (Lipinski definition) is 2. The number of methoxy groups -OCH3 is 2. The first kappa shape index (κ1) is 36.4. The van der Waals surface area contributed by atoms with Crippen LogP contribution in [0.5, 0.6) is 11.5 Å². The molecule has 2 bridgehead atoms. The SMILES string of the molecule is COc1ccc([C@H](Cc2c(Cl)c[n+](O)cc2Cl)c2cc(CCNC(C(=O)O[C@H]3CN4CCC3CC4)c3ccccc3)ccc2C(=O)[O-])cc1OC. The summed E-state index contributed by atoms with van der Waals surface area (Å²) in [6, 6.07) is 19.4. The van der Waals surface area contributed by atoms with Crippen molar-refractivity contribution >= 4 is 35.1 Å². The van der Waals surface area contributed by atoms with Gasteiger partial charge in [-0.25, -0.2) is 4.79 Å². The number of benzene rings is 3. The van der Waals surface area contributed by atoms with Crippen molar-refractivity contribution in [1.82, 2.24) is 10.2 Å². The highest BCUT2D eigenvalue weighted by Gasteiger charge is 2.38. The van der Waals surface area contributed by atoms with Gasteiger partial charge in [-0.05, 0) is 79.1 Å². The van der Waals surface area contributed by atoms with Crippen LogP contribution in [0.2, 0.25) is 10.0 Å². The number of aromatic carboxylic acids is 1. The van der Waals surface area contributed by atoms with Gasteiger partial charge in [-0.15, -0.1) is 0 Å². The smallest absolute Gasteiger partial charge is 0.328 e. The molecule has 0 spiro atoms. The van der Waals surface area contributed by atoms with E-state index in [1.54, 1.807) is 24.3 Å². The summed E-state index contributed by atoms with van der Waals surface area (Å²) < 4.78 is 17.9. The molecule has 3 atom stereocenters. The Morgan fingerprint density at radius 1 is 0.961 bits per heavy atom. The van der Waals surface area contributed by atoms with Crippen molar-refractivity contribution in [3.63, 3.8) is 0 Å². The van der Waals surface area contributed by atoms with Crippen LogP contribution in [-0.4, -0.2) is 68.5 Å². The lowest BCUT2D eigenvalue weighted by Crippen LogP contribution is -2.52. The zero-order chi connectivity index (χ0) is 36.1. The third kappa shape index (κ3) is 8.42. The highest BCUT2D eigenvalue weighted by molar-refractivity contribution is 6.35. The third-order valence-electron chi connectivity index (χ3n) is 9.99. The van der Waals surface area contributed by atoms with Crippen LogP contribution in [0.15, 0.2) is 79.1 Å². The molecular formula is C39H41Cl2N3O7. The summed E-state index contributed by atoms with van der Waals surface area (Å²) in [5.74, 6) is -0.855. The molecule has 7 rings (SSSR count). The molecular weight excluding hydrogens is 693 g/mol. The van der Waals surface area contributed by atoms with Crippen LogP contribution < -0.4 is 24.6 Å². The molecule has 3 aliphatic heterocycles. The van der Waals surface area contributed by atoms with Gasteiger partial charge in [0.25, 0.3) is 0 Å². The van der Waals surface area contributed by atoms with Crippen LogP contribution in [0.1, 0.15) is 63.0 Å². The fraction of sp³-hybridized carbons (Fsp3) is 0.359. The van der Waals surface area contributed by atoms with Crippen LogP contribution in [0.25, 0.3) is 0 Å². The van der Waals surface area contributed by atoms with Gasteiger partial charge in [0.15, 0.2) is 11.5 Å². The van der Waals surface area contributed by atoms with Crippen LogP contribution in [0.4, 0.5) is 0 Å². The predicted molar refractivity (Wildman–Crippen MR) is 190 cm³/mol. The largest absolute Gasteiger partial charge is 0.545 e. The van der Waals surface area contributed by atoms with Crippen LogP contribution >= 0.6 is 23.2 Å². The topological polar surface area (TPSA) is 124 Å². The number of halogens is 2. The first-order valence-electron chi connectivity index (χ1n) is 17.0. The second kappa shape index (κ2) is 16.3. The Bertz CT molecular complexity index is 1840. The van der Waals surface area contributed by atoms with Crippen molar-refractivity contribution in [3.8, 4) is 11.5 Å². The maximum atomic E-state index is 13.7. The monoisotopic (exact) mass is 733 g/mol. The van der Waals surface area contributed by atoms with Crippen LogP contribution in [0.3, 0.4) is 0 Å². The molecule has 4 aromatic rings. The van der Waals surface area contributed by atoms with Gasteiger partial charge < -0.3 is 29.4 Å². The van der Waals surface area contributed by atoms with E-state index in [4.69, 9.17) is 37.4 Å². The minimum absolute atomic E-state index is 0.00940. The molecule has 0 amide bonds. The van der Waals surface area contributed by atoms with Gasteiger partial charge in [0.1, 0.15) is 22.2 Å². The molecule has 1 unspecified atom stereocenters. The van der Waals surface area contributed by atoms with Gasteiger partial charge in [-0.2, -0.15) is 0 Å². The van der Waals surface area contributed by atoms with Crippen molar-refractivity contribution < 1.29 is 38.8 Å². The summed E-state index contributed by atoms with van der Waals surface area (Å²) in [7, 11) is 3.06.